The van der Waals surface area contributed by atoms with Gasteiger partial charge in [-0.2, -0.15) is 13.2 Å². The number of fused-ring (bicyclic) bond motifs is 1. The van der Waals surface area contributed by atoms with Gasteiger partial charge in [0.1, 0.15) is 12.6 Å². The smallest absolute Gasteiger partial charge is 0.374 e. The van der Waals surface area contributed by atoms with Gasteiger partial charge in [0.05, 0.1) is 22.3 Å². The molecule has 0 spiro atoms. The van der Waals surface area contributed by atoms with Gasteiger partial charge in [0.25, 0.3) is 0 Å². The van der Waals surface area contributed by atoms with E-state index in [2.05, 4.69) is 4.98 Å². The molecule has 1 heterocycles. The number of aliphatic hydroxyl groups excluding tert-OH is 1. The number of rotatable bonds is 3. The van der Waals surface area contributed by atoms with Crippen molar-refractivity contribution in [3.05, 3.63) is 54.4 Å². The summed E-state index contributed by atoms with van der Waals surface area (Å²) in [5.41, 5.74) is 0.973. The third-order valence-electron chi connectivity index (χ3n) is 3.93. The molecular formula is C17H16F3N3O. The zero-order chi connectivity index (χ0) is 17.5. The van der Waals surface area contributed by atoms with E-state index in [1.54, 1.807) is 11.6 Å². The van der Waals surface area contributed by atoms with Crippen LogP contribution in [0.5, 0.6) is 0 Å². The van der Waals surface area contributed by atoms with Gasteiger partial charge in [-0.3, -0.25) is 4.57 Å². The van der Waals surface area contributed by atoms with Crippen LogP contribution in [-0.2, 0) is 6.18 Å². The van der Waals surface area contributed by atoms with E-state index in [-0.39, 0.29) is 11.2 Å². The molecule has 0 amide bonds. The Bertz CT molecular complexity index is 857. The molecule has 3 rings (SSSR count). The van der Waals surface area contributed by atoms with E-state index in [1.807, 2.05) is 30.3 Å². The lowest BCUT2D eigenvalue weighted by Gasteiger charge is -2.25. The van der Waals surface area contributed by atoms with Crippen molar-refractivity contribution in [1.82, 2.24) is 9.55 Å². The highest BCUT2D eigenvalue weighted by molar-refractivity contribution is 5.91. The molecule has 0 radical (unpaired) electrons. The number of benzene rings is 2. The number of para-hydroxylation sites is 1. The van der Waals surface area contributed by atoms with Crippen molar-refractivity contribution in [1.29, 1.82) is 0 Å². The Morgan fingerprint density at radius 3 is 2.42 bits per heavy atom. The second-order valence-electron chi connectivity index (χ2n) is 5.55. The van der Waals surface area contributed by atoms with Crippen LogP contribution in [0.15, 0.2) is 48.8 Å². The van der Waals surface area contributed by atoms with Crippen LogP contribution < -0.4 is 4.90 Å². The lowest BCUT2D eigenvalue weighted by atomic mass is 10.1. The van der Waals surface area contributed by atoms with Crippen LogP contribution in [-0.4, -0.2) is 27.9 Å². The molecule has 3 aromatic rings. The average Bonchev–Trinajstić information content (AvgIpc) is 2.97. The van der Waals surface area contributed by atoms with Crippen LogP contribution in [0, 0.1) is 0 Å². The molecule has 1 aromatic heterocycles. The number of nitrogens with zero attached hydrogens (tertiary/aromatic N) is 3. The predicted octanol–water partition coefficient (Wildman–Crippen LogP) is 3.82. The fraction of sp³-hybridized carbons (Fsp3) is 0.235. The molecule has 0 bridgehead atoms. The summed E-state index contributed by atoms with van der Waals surface area (Å²) in [6.07, 6.45) is -3.95. The fourth-order valence-corrected chi connectivity index (χ4v) is 2.55. The Kier molecular flexibility index (Phi) is 3.96. The quantitative estimate of drug-likeness (QED) is 0.740. The number of halogens is 3. The first-order valence-electron chi connectivity index (χ1n) is 7.33. The van der Waals surface area contributed by atoms with Crippen LogP contribution in [0.2, 0.25) is 0 Å². The zero-order valence-electron chi connectivity index (χ0n) is 13.1. The summed E-state index contributed by atoms with van der Waals surface area (Å²) in [6.45, 7) is 1.50. The molecule has 7 heteroatoms. The lowest BCUT2D eigenvalue weighted by molar-refractivity contribution is -0.137. The van der Waals surface area contributed by atoms with Crippen LogP contribution in [0.1, 0.15) is 12.5 Å². The number of aliphatic hydroxyl groups is 1. The van der Waals surface area contributed by atoms with Gasteiger partial charge >= 0.3 is 6.18 Å². The first kappa shape index (κ1) is 16.3. The molecule has 24 heavy (non-hydrogen) atoms. The van der Waals surface area contributed by atoms with Gasteiger partial charge in [0.2, 0.25) is 0 Å². The van der Waals surface area contributed by atoms with Gasteiger partial charge in [-0.25, -0.2) is 4.98 Å². The van der Waals surface area contributed by atoms with E-state index in [0.717, 1.165) is 17.8 Å². The Labute approximate surface area is 136 Å². The number of hydrogen-bond acceptors (Lipinski definition) is 3. The van der Waals surface area contributed by atoms with Gasteiger partial charge in [-0.05, 0) is 31.2 Å². The molecule has 1 unspecified atom stereocenters. The van der Waals surface area contributed by atoms with Gasteiger partial charge < -0.3 is 10.0 Å². The second-order valence-corrected chi connectivity index (χ2v) is 5.55. The van der Waals surface area contributed by atoms with Crippen molar-refractivity contribution in [2.75, 3.05) is 11.9 Å². The van der Waals surface area contributed by atoms with Crippen molar-refractivity contribution in [2.45, 2.75) is 19.3 Å². The van der Waals surface area contributed by atoms with Crippen molar-refractivity contribution in [3.63, 3.8) is 0 Å². The minimum atomic E-state index is -4.49. The first-order chi connectivity index (χ1) is 11.3. The summed E-state index contributed by atoms with van der Waals surface area (Å²) in [5.74, 6) is 0. The normalized spacial score (nSPS) is 13.2. The molecule has 0 aliphatic heterocycles. The SMILES string of the molecule is CC(O)N(C)c1cc(C(F)(F)F)cc2ncn(-c3ccccc3)c12. The third kappa shape index (κ3) is 2.82. The molecule has 0 aliphatic carbocycles. The monoisotopic (exact) mass is 335 g/mol. The number of imidazole rings is 1. The fourth-order valence-electron chi connectivity index (χ4n) is 2.55. The number of alkyl halides is 3. The summed E-state index contributed by atoms with van der Waals surface area (Å²) in [7, 11) is 1.54. The minimum absolute atomic E-state index is 0.219. The molecule has 4 nitrogen and oxygen atoms in total. The third-order valence-corrected chi connectivity index (χ3v) is 3.93. The summed E-state index contributed by atoms with van der Waals surface area (Å²) in [5, 5.41) is 9.84. The summed E-state index contributed by atoms with van der Waals surface area (Å²) in [6, 6.07) is 11.3. The molecule has 0 aliphatic rings. The van der Waals surface area contributed by atoms with Gasteiger partial charge in [0.15, 0.2) is 0 Å². The van der Waals surface area contributed by atoms with Crippen molar-refractivity contribution >= 4 is 16.7 Å². The standard InChI is InChI=1S/C17H16F3N3O/c1-11(24)22(2)15-9-12(17(18,19)20)8-14-16(15)23(10-21-14)13-6-4-3-5-7-13/h3-11,24H,1-2H3. The molecule has 2 aromatic carbocycles. The molecule has 0 saturated carbocycles. The minimum Gasteiger partial charge on any atom is -0.374 e. The first-order valence-corrected chi connectivity index (χ1v) is 7.33. The topological polar surface area (TPSA) is 41.3 Å². The van der Waals surface area contributed by atoms with Crippen molar-refractivity contribution in [2.24, 2.45) is 0 Å². The maximum absolute atomic E-state index is 13.2. The van der Waals surface area contributed by atoms with E-state index >= 15 is 0 Å². The Morgan fingerprint density at radius 1 is 1.17 bits per heavy atom. The predicted molar refractivity (Wildman–Crippen MR) is 86.2 cm³/mol. The molecule has 1 N–H and O–H groups in total. The Hall–Kier alpha value is -2.54. The number of aromatic nitrogens is 2. The lowest BCUT2D eigenvalue weighted by Crippen LogP contribution is -2.29. The zero-order valence-corrected chi connectivity index (χ0v) is 13.1. The highest BCUT2D eigenvalue weighted by Crippen LogP contribution is 2.37. The Balaban J connectivity index is 2.31. The van der Waals surface area contributed by atoms with E-state index in [4.69, 9.17) is 0 Å². The van der Waals surface area contributed by atoms with E-state index in [1.165, 1.54) is 18.2 Å². The van der Waals surface area contributed by atoms with E-state index in [9.17, 15) is 18.3 Å². The van der Waals surface area contributed by atoms with Crippen LogP contribution in [0.25, 0.3) is 16.7 Å². The maximum Gasteiger partial charge on any atom is 0.416 e. The van der Waals surface area contributed by atoms with Crippen molar-refractivity contribution < 1.29 is 18.3 Å². The van der Waals surface area contributed by atoms with Crippen LogP contribution in [0.4, 0.5) is 18.9 Å². The van der Waals surface area contributed by atoms with Gasteiger partial charge in [-0.15, -0.1) is 0 Å². The Morgan fingerprint density at radius 2 is 1.83 bits per heavy atom. The van der Waals surface area contributed by atoms with E-state index in [0.29, 0.717) is 5.52 Å². The highest BCUT2D eigenvalue weighted by Gasteiger charge is 2.33. The molecule has 0 fully saturated rings. The molecule has 126 valence electrons. The highest BCUT2D eigenvalue weighted by atomic mass is 19.4. The average molecular weight is 335 g/mol. The number of hydrogen-bond donors (Lipinski definition) is 1. The summed E-state index contributed by atoms with van der Waals surface area (Å²) in [4.78, 5) is 5.51. The summed E-state index contributed by atoms with van der Waals surface area (Å²) >= 11 is 0. The van der Waals surface area contributed by atoms with Crippen molar-refractivity contribution in [3.8, 4) is 5.69 Å². The van der Waals surface area contributed by atoms with E-state index < -0.39 is 18.0 Å². The number of anilines is 1. The van der Waals surface area contributed by atoms with Gasteiger partial charge in [-0.1, -0.05) is 18.2 Å². The second kappa shape index (κ2) is 5.83. The van der Waals surface area contributed by atoms with Crippen LogP contribution in [0.3, 0.4) is 0 Å². The molecule has 1 atom stereocenters. The molecule has 0 saturated heterocycles. The van der Waals surface area contributed by atoms with Crippen LogP contribution >= 0.6 is 0 Å². The molecular weight excluding hydrogens is 319 g/mol. The largest absolute Gasteiger partial charge is 0.416 e. The maximum atomic E-state index is 13.2. The summed E-state index contributed by atoms with van der Waals surface area (Å²) < 4.78 is 41.2. The van der Waals surface area contributed by atoms with Gasteiger partial charge in [0, 0.05) is 12.7 Å².